The van der Waals surface area contributed by atoms with Crippen LogP contribution in [-0.4, -0.2) is 47.4 Å². The van der Waals surface area contributed by atoms with E-state index in [0.717, 1.165) is 38.9 Å². The third kappa shape index (κ3) is 4.59. The van der Waals surface area contributed by atoms with Gasteiger partial charge >= 0.3 is 12.0 Å². The van der Waals surface area contributed by atoms with Crippen LogP contribution < -0.4 is 10.2 Å². The predicted molar refractivity (Wildman–Crippen MR) is 135 cm³/mol. The summed E-state index contributed by atoms with van der Waals surface area (Å²) in [6.45, 7) is 3.02. The summed E-state index contributed by atoms with van der Waals surface area (Å²) in [5.74, 6) is -1.81. The van der Waals surface area contributed by atoms with Crippen LogP contribution in [-0.2, 0) is 19.1 Å². The van der Waals surface area contributed by atoms with Crippen molar-refractivity contribution in [1.29, 1.82) is 0 Å². The molecule has 5 rings (SSSR count). The second-order valence-electron chi connectivity index (χ2n) is 10.1. The van der Waals surface area contributed by atoms with Crippen molar-refractivity contribution in [2.75, 3.05) is 18.1 Å². The number of urea groups is 1. The van der Waals surface area contributed by atoms with Crippen LogP contribution in [0.1, 0.15) is 39.5 Å². The molecule has 2 aliphatic heterocycles. The molecule has 2 heterocycles. The van der Waals surface area contributed by atoms with Gasteiger partial charge in [0.05, 0.1) is 28.7 Å². The summed E-state index contributed by atoms with van der Waals surface area (Å²) in [5.41, 5.74) is 0.659. The molecule has 4 amide bonds. The number of benzene rings is 2. The molecule has 188 valence electrons. The Morgan fingerprint density at radius 2 is 1.47 bits per heavy atom. The Kier molecular flexibility index (Phi) is 6.51. The Morgan fingerprint density at radius 3 is 2.03 bits per heavy atom. The number of ether oxygens (including phenoxy) is 1. The highest BCUT2D eigenvalue weighted by Crippen LogP contribution is 2.48. The zero-order valence-corrected chi connectivity index (χ0v) is 21.2. The highest BCUT2D eigenvalue weighted by Gasteiger charge is 2.48. The van der Waals surface area contributed by atoms with Crippen LogP contribution in [0, 0.1) is 11.8 Å². The maximum absolute atomic E-state index is 13.5. The Bertz CT molecular complexity index is 1160. The van der Waals surface area contributed by atoms with Crippen molar-refractivity contribution in [3.05, 3.63) is 48.5 Å². The number of carbonyl (C=O) groups excluding carboxylic acids is 4. The van der Waals surface area contributed by atoms with Crippen molar-refractivity contribution in [3.63, 3.8) is 0 Å². The minimum absolute atomic E-state index is 0.105. The lowest BCUT2D eigenvalue weighted by Gasteiger charge is -2.34. The summed E-state index contributed by atoms with van der Waals surface area (Å²) in [6, 6.07) is 15.0. The number of fused-ring (bicyclic) bond motifs is 3. The van der Waals surface area contributed by atoms with E-state index in [1.807, 2.05) is 48.5 Å². The van der Waals surface area contributed by atoms with Gasteiger partial charge in [0.2, 0.25) is 11.8 Å². The number of para-hydroxylation sites is 2. The third-order valence-electron chi connectivity index (χ3n) is 6.89. The highest BCUT2D eigenvalue weighted by molar-refractivity contribution is 7.99. The van der Waals surface area contributed by atoms with Crippen LogP contribution in [0.3, 0.4) is 0 Å². The number of amides is 4. The maximum Gasteiger partial charge on any atom is 0.327 e. The van der Waals surface area contributed by atoms with Gasteiger partial charge in [0.1, 0.15) is 13.2 Å². The SMILES string of the molecule is CC(C)(COC(=O)CN1C(=O)C2CCCCC2C1=O)NC(=O)N1c2ccccc2Sc2ccccc21. The molecule has 2 aromatic rings. The molecular weight excluding hydrogens is 478 g/mol. The monoisotopic (exact) mass is 507 g/mol. The molecule has 2 fully saturated rings. The van der Waals surface area contributed by atoms with Crippen LogP contribution in [0.25, 0.3) is 0 Å². The molecule has 2 unspecified atom stereocenters. The Labute approximate surface area is 214 Å². The number of nitrogens with zero attached hydrogens (tertiary/aromatic N) is 2. The first-order chi connectivity index (χ1) is 17.2. The number of rotatable bonds is 5. The molecule has 1 aliphatic carbocycles. The number of nitrogens with one attached hydrogen (secondary N) is 1. The van der Waals surface area contributed by atoms with Gasteiger partial charge in [-0.3, -0.25) is 24.2 Å². The largest absolute Gasteiger partial charge is 0.462 e. The summed E-state index contributed by atoms with van der Waals surface area (Å²) in [4.78, 5) is 55.9. The normalized spacial score (nSPS) is 20.9. The van der Waals surface area contributed by atoms with Crippen molar-refractivity contribution in [2.24, 2.45) is 11.8 Å². The van der Waals surface area contributed by atoms with Crippen LogP contribution >= 0.6 is 11.8 Å². The van der Waals surface area contributed by atoms with Crippen molar-refractivity contribution < 1.29 is 23.9 Å². The van der Waals surface area contributed by atoms with Crippen molar-refractivity contribution >= 4 is 47.0 Å². The van der Waals surface area contributed by atoms with E-state index >= 15 is 0 Å². The molecule has 0 bridgehead atoms. The second-order valence-corrected chi connectivity index (χ2v) is 11.2. The lowest BCUT2D eigenvalue weighted by atomic mass is 9.81. The standard InChI is InChI=1S/C27H29N3O5S/c1-27(2,16-35-23(31)15-29-24(32)17-9-3-4-10-18(17)25(29)33)28-26(34)30-19-11-5-7-13-21(19)36-22-14-8-6-12-20(22)30/h5-8,11-14,17-18H,3-4,9-10,15-16H2,1-2H3,(H,28,34). The van der Waals surface area contributed by atoms with Crippen LogP contribution in [0.5, 0.6) is 0 Å². The van der Waals surface area contributed by atoms with Gasteiger partial charge in [-0.1, -0.05) is 48.9 Å². The van der Waals surface area contributed by atoms with Gasteiger partial charge < -0.3 is 10.1 Å². The third-order valence-corrected chi connectivity index (χ3v) is 8.02. The first kappa shape index (κ1) is 24.4. The van der Waals surface area contributed by atoms with Gasteiger partial charge in [0, 0.05) is 9.79 Å². The second kappa shape index (κ2) is 9.61. The molecule has 36 heavy (non-hydrogen) atoms. The predicted octanol–water partition coefficient (Wildman–Crippen LogP) is 4.50. The molecule has 0 spiro atoms. The number of hydrogen-bond acceptors (Lipinski definition) is 6. The van der Waals surface area contributed by atoms with E-state index in [-0.39, 0.29) is 36.3 Å². The zero-order chi connectivity index (χ0) is 25.4. The lowest BCUT2D eigenvalue weighted by Crippen LogP contribution is -2.52. The van der Waals surface area contributed by atoms with Crippen LogP contribution in [0.2, 0.25) is 0 Å². The molecule has 0 radical (unpaired) electrons. The van der Waals surface area contributed by atoms with E-state index in [2.05, 4.69) is 5.32 Å². The fourth-order valence-electron chi connectivity index (χ4n) is 5.13. The van der Waals surface area contributed by atoms with E-state index in [1.54, 1.807) is 30.5 Å². The molecule has 1 saturated carbocycles. The first-order valence-corrected chi connectivity index (χ1v) is 13.1. The quantitative estimate of drug-likeness (QED) is 0.473. The number of esters is 1. The topological polar surface area (TPSA) is 96.0 Å². The first-order valence-electron chi connectivity index (χ1n) is 12.2. The molecule has 1 N–H and O–H groups in total. The number of hydrogen-bond donors (Lipinski definition) is 1. The number of likely N-dealkylation sites (tertiary alicyclic amines) is 1. The lowest BCUT2D eigenvalue weighted by molar-refractivity contribution is -0.154. The fourth-order valence-corrected chi connectivity index (χ4v) is 6.19. The average molecular weight is 508 g/mol. The molecule has 9 heteroatoms. The van der Waals surface area contributed by atoms with Crippen LogP contribution in [0.15, 0.2) is 58.3 Å². The van der Waals surface area contributed by atoms with Crippen molar-refractivity contribution in [2.45, 2.75) is 54.9 Å². The van der Waals surface area contributed by atoms with Crippen molar-refractivity contribution in [1.82, 2.24) is 10.2 Å². The number of carbonyl (C=O) groups is 4. The zero-order valence-electron chi connectivity index (χ0n) is 20.4. The molecule has 3 aliphatic rings. The van der Waals surface area contributed by atoms with Gasteiger partial charge in [-0.05, 0) is 51.0 Å². The molecular formula is C27H29N3O5S. The summed E-state index contributed by atoms with van der Waals surface area (Å²) < 4.78 is 5.42. The van der Waals surface area contributed by atoms with Crippen molar-refractivity contribution in [3.8, 4) is 0 Å². The van der Waals surface area contributed by atoms with Gasteiger partial charge in [-0.15, -0.1) is 0 Å². The van der Waals surface area contributed by atoms with E-state index in [9.17, 15) is 19.2 Å². The Balaban J connectivity index is 1.23. The minimum Gasteiger partial charge on any atom is -0.462 e. The summed E-state index contributed by atoms with van der Waals surface area (Å²) >= 11 is 1.61. The fraction of sp³-hybridized carbons (Fsp3) is 0.407. The summed E-state index contributed by atoms with van der Waals surface area (Å²) in [7, 11) is 0. The molecule has 2 atom stereocenters. The highest BCUT2D eigenvalue weighted by atomic mass is 32.2. The summed E-state index contributed by atoms with van der Waals surface area (Å²) in [5, 5.41) is 2.97. The van der Waals surface area contributed by atoms with Gasteiger partial charge in [0.15, 0.2) is 0 Å². The van der Waals surface area contributed by atoms with E-state index in [1.165, 1.54) is 0 Å². The smallest absolute Gasteiger partial charge is 0.327 e. The van der Waals surface area contributed by atoms with E-state index in [4.69, 9.17) is 4.74 Å². The molecule has 8 nitrogen and oxygen atoms in total. The van der Waals surface area contributed by atoms with Gasteiger partial charge in [0.25, 0.3) is 0 Å². The maximum atomic E-state index is 13.5. The average Bonchev–Trinajstić information content (AvgIpc) is 3.10. The van der Waals surface area contributed by atoms with Crippen LogP contribution in [0.4, 0.5) is 16.2 Å². The Hall–Kier alpha value is -3.33. The summed E-state index contributed by atoms with van der Waals surface area (Å²) in [6.07, 6.45) is 3.25. The van der Waals surface area contributed by atoms with Gasteiger partial charge in [-0.25, -0.2) is 4.79 Å². The Morgan fingerprint density at radius 1 is 0.944 bits per heavy atom. The molecule has 1 saturated heterocycles. The minimum atomic E-state index is -0.895. The number of imide groups is 1. The van der Waals surface area contributed by atoms with E-state index < -0.39 is 18.1 Å². The number of anilines is 2. The van der Waals surface area contributed by atoms with E-state index in [0.29, 0.717) is 12.8 Å². The molecule has 0 aromatic heterocycles. The van der Waals surface area contributed by atoms with Gasteiger partial charge in [-0.2, -0.15) is 0 Å². The molecule has 2 aromatic carbocycles.